The molecule has 0 bridgehead atoms. The SMILES string of the molecule is CCNCC1CCCN(S(=O)(=O)N(C)C(C)COC)C1. The van der Waals surface area contributed by atoms with Crippen molar-refractivity contribution in [2.24, 2.45) is 5.92 Å². The van der Waals surface area contributed by atoms with Crippen LogP contribution in [-0.4, -0.2) is 70.0 Å². The maximum Gasteiger partial charge on any atom is 0.282 e. The highest BCUT2D eigenvalue weighted by molar-refractivity contribution is 7.86. The number of hydrogen-bond acceptors (Lipinski definition) is 4. The van der Waals surface area contributed by atoms with Crippen molar-refractivity contribution in [1.29, 1.82) is 0 Å². The first-order chi connectivity index (χ1) is 9.43. The van der Waals surface area contributed by atoms with Gasteiger partial charge in [0.1, 0.15) is 0 Å². The van der Waals surface area contributed by atoms with Crippen LogP contribution in [0.5, 0.6) is 0 Å². The Morgan fingerprint density at radius 2 is 2.20 bits per heavy atom. The lowest BCUT2D eigenvalue weighted by atomic mass is 10.00. The third-order valence-corrected chi connectivity index (χ3v) is 5.96. The second-order valence-corrected chi connectivity index (χ2v) is 7.49. The van der Waals surface area contributed by atoms with E-state index in [1.54, 1.807) is 18.5 Å². The van der Waals surface area contributed by atoms with Gasteiger partial charge in [0.2, 0.25) is 0 Å². The van der Waals surface area contributed by atoms with Crippen LogP contribution in [0.1, 0.15) is 26.7 Å². The minimum atomic E-state index is -3.38. The highest BCUT2D eigenvalue weighted by Crippen LogP contribution is 2.21. The Hall–Kier alpha value is -0.210. The minimum Gasteiger partial charge on any atom is -0.383 e. The normalized spacial score (nSPS) is 23.1. The predicted molar refractivity (Wildman–Crippen MR) is 80.9 cm³/mol. The van der Waals surface area contributed by atoms with Gasteiger partial charge in [-0.1, -0.05) is 6.92 Å². The molecule has 0 amide bonds. The molecule has 1 N–H and O–H groups in total. The summed E-state index contributed by atoms with van der Waals surface area (Å²) in [5, 5.41) is 3.31. The number of piperidine rings is 1. The zero-order chi connectivity index (χ0) is 15.2. The summed E-state index contributed by atoms with van der Waals surface area (Å²) < 4.78 is 33.3. The molecule has 2 unspecified atom stereocenters. The van der Waals surface area contributed by atoms with Gasteiger partial charge in [-0.2, -0.15) is 17.0 Å². The van der Waals surface area contributed by atoms with E-state index in [0.717, 1.165) is 25.9 Å². The summed E-state index contributed by atoms with van der Waals surface area (Å²) in [6.45, 7) is 7.38. The average molecular weight is 307 g/mol. The Morgan fingerprint density at radius 1 is 1.50 bits per heavy atom. The first-order valence-electron chi connectivity index (χ1n) is 7.36. The molecule has 0 spiro atoms. The van der Waals surface area contributed by atoms with Crippen molar-refractivity contribution >= 4 is 10.2 Å². The molecule has 0 saturated carbocycles. The molecule has 1 heterocycles. The lowest BCUT2D eigenvalue weighted by Gasteiger charge is -2.36. The van der Waals surface area contributed by atoms with E-state index in [1.165, 1.54) is 4.31 Å². The minimum absolute atomic E-state index is 0.154. The number of hydrogen-bond donors (Lipinski definition) is 1. The first kappa shape index (κ1) is 17.8. The molecule has 1 rings (SSSR count). The Labute approximate surface area is 123 Å². The van der Waals surface area contributed by atoms with E-state index in [9.17, 15) is 8.42 Å². The summed E-state index contributed by atoms with van der Waals surface area (Å²) in [6, 6.07) is -0.154. The fourth-order valence-electron chi connectivity index (χ4n) is 2.51. The van der Waals surface area contributed by atoms with Crippen molar-refractivity contribution in [2.75, 3.05) is 46.9 Å². The monoisotopic (exact) mass is 307 g/mol. The molecular weight excluding hydrogens is 278 g/mol. The summed E-state index contributed by atoms with van der Waals surface area (Å²) in [7, 11) is -0.163. The average Bonchev–Trinajstić information content (AvgIpc) is 2.44. The van der Waals surface area contributed by atoms with Gasteiger partial charge in [0.15, 0.2) is 0 Å². The van der Waals surface area contributed by atoms with Gasteiger partial charge < -0.3 is 10.1 Å². The van der Waals surface area contributed by atoms with E-state index in [-0.39, 0.29) is 6.04 Å². The molecule has 1 fully saturated rings. The van der Waals surface area contributed by atoms with Crippen LogP contribution < -0.4 is 5.32 Å². The van der Waals surface area contributed by atoms with Crippen molar-refractivity contribution in [3.05, 3.63) is 0 Å². The number of nitrogens with zero attached hydrogens (tertiary/aromatic N) is 2. The fourth-order valence-corrected chi connectivity index (χ4v) is 4.15. The zero-order valence-corrected chi connectivity index (χ0v) is 13.9. The van der Waals surface area contributed by atoms with Gasteiger partial charge in [-0.25, -0.2) is 0 Å². The number of ether oxygens (including phenoxy) is 1. The lowest BCUT2D eigenvalue weighted by molar-refractivity contribution is 0.143. The second kappa shape index (κ2) is 8.29. The first-order valence-corrected chi connectivity index (χ1v) is 8.75. The van der Waals surface area contributed by atoms with Gasteiger partial charge >= 0.3 is 0 Å². The lowest BCUT2D eigenvalue weighted by Crippen LogP contribution is -2.51. The summed E-state index contributed by atoms with van der Waals surface area (Å²) in [6.07, 6.45) is 2.03. The molecule has 0 aliphatic carbocycles. The van der Waals surface area contributed by atoms with Crippen LogP contribution in [0.3, 0.4) is 0 Å². The molecule has 0 aromatic heterocycles. The molecule has 2 atom stereocenters. The van der Waals surface area contributed by atoms with Gasteiger partial charge in [-0.05, 0) is 38.8 Å². The Kier molecular flexibility index (Phi) is 7.39. The van der Waals surface area contributed by atoms with E-state index in [0.29, 0.717) is 25.6 Å². The molecule has 7 heteroatoms. The van der Waals surface area contributed by atoms with Crippen molar-refractivity contribution in [3.63, 3.8) is 0 Å². The van der Waals surface area contributed by atoms with Gasteiger partial charge in [-0.15, -0.1) is 0 Å². The molecule has 1 saturated heterocycles. The highest BCUT2D eigenvalue weighted by Gasteiger charge is 2.33. The Morgan fingerprint density at radius 3 is 2.80 bits per heavy atom. The number of nitrogens with one attached hydrogen (secondary N) is 1. The maximum atomic E-state index is 12.6. The zero-order valence-electron chi connectivity index (χ0n) is 13.1. The van der Waals surface area contributed by atoms with Crippen LogP contribution in [0.25, 0.3) is 0 Å². The predicted octanol–water partition coefficient (Wildman–Crippen LogP) is 0.519. The second-order valence-electron chi connectivity index (χ2n) is 5.50. The largest absolute Gasteiger partial charge is 0.383 e. The van der Waals surface area contributed by atoms with E-state index in [4.69, 9.17) is 4.74 Å². The topological polar surface area (TPSA) is 61.9 Å². The fraction of sp³-hybridized carbons (Fsp3) is 1.00. The third kappa shape index (κ3) is 4.66. The van der Waals surface area contributed by atoms with Crippen LogP contribution >= 0.6 is 0 Å². The Bertz CT molecular complexity index is 375. The van der Waals surface area contributed by atoms with Crippen LogP contribution in [0, 0.1) is 5.92 Å². The smallest absolute Gasteiger partial charge is 0.282 e. The van der Waals surface area contributed by atoms with E-state index in [1.807, 2.05) is 6.92 Å². The molecular formula is C13H29N3O3S. The van der Waals surface area contributed by atoms with Crippen LogP contribution in [0.2, 0.25) is 0 Å². The maximum absolute atomic E-state index is 12.6. The van der Waals surface area contributed by atoms with Crippen molar-refractivity contribution in [3.8, 4) is 0 Å². The third-order valence-electron chi connectivity index (χ3n) is 3.88. The number of methoxy groups -OCH3 is 1. The summed E-state index contributed by atoms with van der Waals surface area (Å²) >= 11 is 0. The number of rotatable bonds is 8. The summed E-state index contributed by atoms with van der Waals surface area (Å²) in [4.78, 5) is 0. The van der Waals surface area contributed by atoms with Crippen molar-refractivity contribution < 1.29 is 13.2 Å². The van der Waals surface area contributed by atoms with Gasteiger partial charge in [0.05, 0.1) is 6.61 Å². The quantitative estimate of drug-likeness (QED) is 0.710. The van der Waals surface area contributed by atoms with E-state index < -0.39 is 10.2 Å². The van der Waals surface area contributed by atoms with Gasteiger partial charge in [0.25, 0.3) is 10.2 Å². The van der Waals surface area contributed by atoms with Gasteiger partial charge in [-0.3, -0.25) is 0 Å². The van der Waals surface area contributed by atoms with Crippen LogP contribution in [-0.2, 0) is 14.9 Å². The van der Waals surface area contributed by atoms with E-state index >= 15 is 0 Å². The molecule has 20 heavy (non-hydrogen) atoms. The molecule has 1 aliphatic heterocycles. The molecule has 0 aromatic carbocycles. The number of likely N-dealkylation sites (N-methyl/N-ethyl adjacent to an activating group) is 1. The summed E-state index contributed by atoms with van der Waals surface area (Å²) in [5.41, 5.74) is 0. The van der Waals surface area contributed by atoms with Crippen LogP contribution in [0.4, 0.5) is 0 Å². The molecule has 6 nitrogen and oxygen atoms in total. The van der Waals surface area contributed by atoms with E-state index in [2.05, 4.69) is 12.2 Å². The standard InChI is InChI=1S/C13H29N3O3S/c1-5-14-9-13-7-6-8-16(10-13)20(17,18)15(3)12(2)11-19-4/h12-14H,5-11H2,1-4H3. The molecule has 120 valence electrons. The summed E-state index contributed by atoms with van der Waals surface area (Å²) in [5.74, 6) is 0.407. The van der Waals surface area contributed by atoms with Gasteiger partial charge in [0, 0.05) is 33.3 Å². The Balaban J connectivity index is 2.66. The molecule has 0 aromatic rings. The van der Waals surface area contributed by atoms with Crippen molar-refractivity contribution in [2.45, 2.75) is 32.7 Å². The molecule has 0 radical (unpaired) electrons. The van der Waals surface area contributed by atoms with Crippen LogP contribution in [0.15, 0.2) is 0 Å². The molecule has 1 aliphatic rings. The highest BCUT2D eigenvalue weighted by atomic mass is 32.2. The van der Waals surface area contributed by atoms with Crippen molar-refractivity contribution in [1.82, 2.24) is 13.9 Å².